The van der Waals surface area contributed by atoms with Crippen molar-refractivity contribution < 1.29 is 13.5 Å². The molecule has 2 aromatic heterocycles. The maximum absolute atomic E-state index is 12.5. The molecule has 3 rings (SSSR count). The maximum atomic E-state index is 12.5. The number of pyridine rings is 2. The Hall–Kier alpha value is -2.75. The van der Waals surface area contributed by atoms with Gasteiger partial charge in [0.25, 0.3) is 5.54 Å². The first-order valence-electron chi connectivity index (χ1n) is 7.92. The average Bonchev–Trinajstić information content (AvgIpc) is 3.41. The van der Waals surface area contributed by atoms with E-state index in [-0.39, 0.29) is 11.6 Å². The third-order valence-corrected chi connectivity index (χ3v) is 4.22. The number of nitrogen functional groups attached to an aromatic ring is 1. The van der Waals surface area contributed by atoms with Crippen LogP contribution in [0.2, 0.25) is 0 Å². The lowest BCUT2D eigenvalue weighted by Crippen LogP contribution is -2.12. The van der Waals surface area contributed by atoms with Gasteiger partial charge in [-0.05, 0) is 31.0 Å². The quantitative estimate of drug-likeness (QED) is 0.819. The van der Waals surface area contributed by atoms with E-state index >= 15 is 0 Å². The Bertz CT molecular complexity index is 841. The largest absolute Gasteiger partial charge is 0.431 e. The summed E-state index contributed by atoms with van der Waals surface area (Å²) in [5, 5.41) is 0. The normalized spacial score (nSPS) is 14.4. The maximum Gasteiger partial charge on any atom is 0.387 e. The molecule has 0 saturated heterocycles. The number of hydrogen-bond donors (Lipinski definition) is 1. The zero-order valence-electron chi connectivity index (χ0n) is 14.0. The van der Waals surface area contributed by atoms with Crippen LogP contribution in [0.25, 0.3) is 16.1 Å². The molecule has 0 bridgehead atoms. The number of nitrogens with zero attached hydrogens (tertiary/aromatic N) is 3. The van der Waals surface area contributed by atoms with Gasteiger partial charge in [-0.2, -0.15) is 8.78 Å². The van der Waals surface area contributed by atoms with Gasteiger partial charge in [0.15, 0.2) is 11.6 Å². The van der Waals surface area contributed by atoms with E-state index in [4.69, 9.17) is 12.3 Å². The minimum atomic E-state index is -2.98. The third-order valence-electron chi connectivity index (χ3n) is 4.22. The van der Waals surface area contributed by atoms with Crippen molar-refractivity contribution in [2.75, 3.05) is 5.73 Å². The summed E-state index contributed by atoms with van der Waals surface area (Å²) in [6.45, 7) is 8.11. The number of aromatic nitrogens is 2. The van der Waals surface area contributed by atoms with Gasteiger partial charge in [-0.15, -0.1) is 0 Å². The van der Waals surface area contributed by atoms with E-state index < -0.39 is 12.2 Å². The van der Waals surface area contributed by atoms with E-state index in [1.165, 1.54) is 12.3 Å². The summed E-state index contributed by atoms with van der Waals surface area (Å²) in [6, 6.07) is 5.16. The number of halogens is 2. The summed E-state index contributed by atoms with van der Waals surface area (Å²) in [5.74, 6) is 0.0972. The van der Waals surface area contributed by atoms with Gasteiger partial charge in [-0.3, -0.25) is 4.98 Å². The lowest BCUT2D eigenvalue weighted by Gasteiger charge is -2.15. The summed E-state index contributed by atoms with van der Waals surface area (Å²) in [7, 11) is 0. The smallest absolute Gasteiger partial charge is 0.387 e. The Morgan fingerprint density at radius 2 is 2.04 bits per heavy atom. The van der Waals surface area contributed by atoms with Gasteiger partial charge in [0, 0.05) is 42.8 Å². The van der Waals surface area contributed by atoms with E-state index in [9.17, 15) is 8.78 Å². The topological polar surface area (TPSA) is 65.4 Å². The predicted octanol–water partition coefficient (Wildman–Crippen LogP) is 4.36. The van der Waals surface area contributed by atoms with Gasteiger partial charge in [0.2, 0.25) is 0 Å². The molecule has 0 atom stereocenters. The number of ether oxygens (including phenoxy) is 1. The summed E-state index contributed by atoms with van der Waals surface area (Å²) >= 11 is 0. The van der Waals surface area contributed by atoms with Gasteiger partial charge in [0.1, 0.15) is 0 Å². The number of anilines is 1. The van der Waals surface area contributed by atoms with Crippen molar-refractivity contribution in [1.29, 1.82) is 0 Å². The third kappa shape index (κ3) is 3.68. The molecule has 0 aliphatic heterocycles. The van der Waals surface area contributed by atoms with Crippen LogP contribution < -0.4 is 10.5 Å². The first-order valence-corrected chi connectivity index (χ1v) is 7.92. The summed E-state index contributed by atoms with van der Waals surface area (Å²) < 4.78 is 29.5. The Morgan fingerprint density at radius 3 is 2.64 bits per heavy atom. The van der Waals surface area contributed by atoms with Crippen molar-refractivity contribution in [3.8, 4) is 17.0 Å². The fourth-order valence-electron chi connectivity index (χ4n) is 2.49. The Morgan fingerprint density at radius 1 is 1.32 bits per heavy atom. The van der Waals surface area contributed by atoms with Gasteiger partial charge < -0.3 is 15.3 Å². The Labute approximate surface area is 144 Å². The second-order valence-electron chi connectivity index (χ2n) is 6.60. The number of nitrogens with two attached hydrogens (primary N) is 1. The van der Waals surface area contributed by atoms with Gasteiger partial charge in [0.05, 0.1) is 5.69 Å². The average molecular weight is 344 g/mol. The van der Waals surface area contributed by atoms with Crippen LogP contribution in [0.3, 0.4) is 0 Å². The first-order chi connectivity index (χ1) is 11.8. The van der Waals surface area contributed by atoms with Crippen LogP contribution in [-0.2, 0) is 5.54 Å². The molecule has 0 amide bonds. The fraction of sp³-hybridized carbons (Fsp3) is 0.389. The number of hydrogen-bond acceptors (Lipinski definition) is 4. The highest BCUT2D eigenvalue weighted by atomic mass is 19.3. The molecule has 130 valence electrons. The summed E-state index contributed by atoms with van der Waals surface area (Å²) in [4.78, 5) is 12.2. The molecule has 5 nitrogen and oxygen atoms in total. The predicted molar refractivity (Wildman–Crippen MR) is 90.1 cm³/mol. The molecule has 0 unspecified atom stereocenters. The van der Waals surface area contributed by atoms with E-state index in [1.807, 2.05) is 19.9 Å². The van der Waals surface area contributed by atoms with Crippen LogP contribution in [0.15, 0.2) is 24.4 Å². The van der Waals surface area contributed by atoms with Crippen molar-refractivity contribution in [3.05, 3.63) is 47.1 Å². The zero-order chi connectivity index (χ0) is 18.2. The van der Waals surface area contributed by atoms with Crippen LogP contribution in [0.4, 0.5) is 14.6 Å². The van der Waals surface area contributed by atoms with Crippen LogP contribution in [0.1, 0.15) is 43.9 Å². The number of rotatable bonds is 5. The molecule has 1 saturated carbocycles. The molecule has 0 aromatic carbocycles. The fourth-order valence-corrected chi connectivity index (χ4v) is 2.49. The van der Waals surface area contributed by atoms with E-state index in [0.29, 0.717) is 17.2 Å². The van der Waals surface area contributed by atoms with Crippen molar-refractivity contribution in [1.82, 2.24) is 9.97 Å². The second kappa shape index (κ2) is 6.28. The highest BCUT2D eigenvalue weighted by Crippen LogP contribution is 2.42. The van der Waals surface area contributed by atoms with Crippen molar-refractivity contribution >= 4 is 5.82 Å². The molecule has 7 heteroatoms. The molecule has 25 heavy (non-hydrogen) atoms. The minimum Gasteiger partial charge on any atom is -0.431 e. The molecule has 2 heterocycles. The van der Waals surface area contributed by atoms with Crippen molar-refractivity contribution in [3.63, 3.8) is 0 Å². The summed E-state index contributed by atoms with van der Waals surface area (Å²) in [6.07, 6.45) is 3.60. The molecule has 1 aliphatic carbocycles. The summed E-state index contributed by atoms with van der Waals surface area (Å²) in [5.41, 5.74) is 7.74. The van der Waals surface area contributed by atoms with Crippen LogP contribution in [-0.4, -0.2) is 16.6 Å². The van der Waals surface area contributed by atoms with Gasteiger partial charge in [-0.1, -0.05) is 0 Å². The van der Waals surface area contributed by atoms with Crippen LogP contribution in [0.5, 0.6) is 5.75 Å². The molecule has 2 N–H and O–H groups in total. The minimum absolute atomic E-state index is 0.107. The SMILES string of the molecule is [C-]#[N+]C(C)(C)c1cc(-c2cnc(N)c(OC(F)F)c2)nc(C2CC2)c1. The lowest BCUT2D eigenvalue weighted by molar-refractivity contribution is -0.0494. The number of alkyl halides is 2. The first kappa shape index (κ1) is 17.1. The van der Waals surface area contributed by atoms with Gasteiger partial charge in [-0.25, -0.2) is 11.6 Å². The molecular formula is C18H18F2N4O. The molecule has 0 spiro atoms. The van der Waals surface area contributed by atoms with Crippen molar-refractivity contribution in [2.45, 2.75) is 44.8 Å². The standard InChI is InChI=1S/C18H18F2N4O/c1-18(2,22-3)12-7-13(10-4-5-10)24-14(8-12)11-6-15(25-17(19)20)16(21)23-9-11/h6-10,17H,4-5H2,1-2H3,(H2,21,23). The van der Waals surface area contributed by atoms with E-state index in [0.717, 1.165) is 24.1 Å². The molecule has 1 fully saturated rings. The Kier molecular flexibility index (Phi) is 4.29. The Balaban J connectivity index is 2.09. The van der Waals surface area contributed by atoms with Crippen molar-refractivity contribution in [2.24, 2.45) is 0 Å². The highest BCUT2D eigenvalue weighted by molar-refractivity contribution is 5.65. The highest BCUT2D eigenvalue weighted by Gasteiger charge is 2.31. The molecular weight excluding hydrogens is 326 g/mol. The molecule has 2 aromatic rings. The zero-order valence-corrected chi connectivity index (χ0v) is 14.0. The van der Waals surface area contributed by atoms with Gasteiger partial charge >= 0.3 is 6.61 Å². The van der Waals surface area contributed by atoms with E-state index in [2.05, 4.69) is 19.5 Å². The monoisotopic (exact) mass is 344 g/mol. The molecule has 1 aliphatic rings. The lowest BCUT2D eigenvalue weighted by atomic mass is 9.93. The van der Waals surface area contributed by atoms with Crippen LogP contribution >= 0.6 is 0 Å². The van der Waals surface area contributed by atoms with Crippen LogP contribution in [0, 0.1) is 6.57 Å². The van der Waals surface area contributed by atoms with E-state index in [1.54, 1.807) is 6.07 Å². The second-order valence-corrected chi connectivity index (χ2v) is 6.60. The molecule has 0 radical (unpaired) electrons.